The van der Waals surface area contributed by atoms with Gasteiger partial charge < -0.3 is 0 Å². The Morgan fingerprint density at radius 2 is 1.80 bits per heavy atom. The Morgan fingerprint density at radius 3 is 2.15 bits per heavy atom. The van der Waals surface area contributed by atoms with Gasteiger partial charge in [0.05, 0.1) is 0 Å². The third kappa shape index (κ3) is 7.25. The Balaban J connectivity index is 0.000000427. The molecule has 1 saturated carbocycles. The van der Waals surface area contributed by atoms with Crippen LogP contribution in [0, 0.1) is 12.8 Å². The molecule has 0 aromatic heterocycles. The number of benzene rings is 1. The summed E-state index contributed by atoms with van der Waals surface area (Å²) in [5.74, 6) is 1.06. The summed E-state index contributed by atoms with van der Waals surface area (Å²) in [6, 6.07) is 6.54. The van der Waals surface area contributed by atoms with Crippen LogP contribution in [0.2, 0.25) is 0 Å². The van der Waals surface area contributed by atoms with Gasteiger partial charge in [-0.1, -0.05) is 65.2 Å². The van der Waals surface area contributed by atoms with E-state index >= 15 is 0 Å². The van der Waals surface area contributed by atoms with Crippen molar-refractivity contribution in [2.75, 3.05) is 0 Å². The fourth-order valence-electron chi connectivity index (χ4n) is 2.22. The Hall–Kier alpha value is -0.610. The summed E-state index contributed by atoms with van der Waals surface area (Å²) in [6.07, 6.45) is 6.63. The molecule has 0 spiro atoms. The molecule has 1 heteroatoms. The summed E-state index contributed by atoms with van der Waals surface area (Å²) < 4.78 is 0. The number of rotatable bonds is 3. The molecule has 0 amide bonds. The molecule has 0 bridgehead atoms. The molecule has 20 heavy (non-hydrogen) atoms. The van der Waals surface area contributed by atoms with Gasteiger partial charge in [-0.05, 0) is 54.6 Å². The van der Waals surface area contributed by atoms with Crippen molar-refractivity contribution in [2.24, 2.45) is 5.92 Å². The van der Waals surface area contributed by atoms with Crippen LogP contribution in [-0.4, -0.2) is 5.29 Å². The molecule has 1 aromatic carbocycles. The maximum atomic E-state index is 3.57. The lowest BCUT2D eigenvalue weighted by molar-refractivity contribution is 0.346. The van der Waals surface area contributed by atoms with Gasteiger partial charge in [-0.15, -0.1) is 8.86 Å². The predicted molar refractivity (Wildman–Crippen MR) is 97.6 cm³/mol. The highest BCUT2D eigenvalue weighted by molar-refractivity contribution is 7.20. The van der Waals surface area contributed by atoms with Gasteiger partial charge in [0.25, 0.3) is 0 Å². The largest absolute Gasteiger partial charge is 0.123 e. The van der Waals surface area contributed by atoms with Crippen LogP contribution in [-0.2, 0) is 12.8 Å². The number of hydrogen-bond acceptors (Lipinski definition) is 0. The lowest BCUT2D eigenvalue weighted by Crippen LogP contribution is -2.04. The van der Waals surface area contributed by atoms with E-state index in [1.165, 1.54) is 41.2 Å². The van der Waals surface area contributed by atoms with Gasteiger partial charge in [-0.3, -0.25) is 0 Å². The first-order valence-electron chi connectivity index (χ1n) is 8.16. The van der Waals surface area contributed by atoms with E-state index in [1.54, 1.807) is 0 Å². The number of aryl methyl sites for hydroxylation is 2. The maximum Gasteiger partial charge on any atom is -0.00237 e. The normalized spacial score (nSPS) is 13.3. The van der Waals surface area contributed by atoms with Gasteiger partial charge in [0, 0.05) is 0 Å². The highest BCUT2D eigenvalue weighted by Crippen LogP contribution is 2.24. The smallest absolute Gasteiger partial charge is 0.00237 e. The van der Waals surface area contributed by atoms with Crippen molar-refractivity contribution in [2.45, 2.75) is 73.6 Å². The van der Waals surface area contributed by atoms with Gasteiger partial charge in [-0.2, -0.15) is 0 Å². The zero-order chi connectivity index (χ0) is 15.5. The van der Waals surface area contributed by atoms with Crippen molar-refractivity contribution in [3.05, 3.63) is 34.9 Å². The van der Waals surface area contributed by atoms with Crippen LogP contribution >= 0.6 is 8.86 Å². The molecule has 114 valence electrons. The molecule has 0 nitrogen and oxygen atoms in total. The molecule has 0 aliphatic heterocycles. The number of hydrogen-bond donors (Lipinski definition) is 0. The average molecular weight is 292 g/mol. The van der Waals surface area contributed by atoms with E-state index in [1.807, 2.05) is 13.8 Å². The van der Waals surface area contributed by atoms with Gasteiger partial charge in [0.15, 0.2) is 0 Å². The van der Waals surface area contributed by atoms with E-state index in [0.717, 1.165) is 18.8 Å². The van der Waals surface area contributed by atoms with Crippen LogP contribution in [0.25, 0.3) is 0 Å². The van der Waals surface area contributed by atoms with E-state index in [-0.39, 0.29) is 0 Å². The Labute approximate surface area is 129 Å². The summed E-state index contributed by atoms with van der Waals surface area (Å²) in [6.45, 7) is 12.8. The predicted octanol–water partition coefficient (Wildman–Crippen LogP) is 6.27. The van der Waals surface area contributed by atoms with Crippen LogP contribution in [0.1, 0.15) is 70.6 Å². The topological polar surface area (TPSA) is 0 Å². The molecule has 0 radical (unpaired) electrons. The minimum Gasteiger partial charge on any atom is -0.123 e. The molecule has 1 fully saturated rings. The van der Waals surface area contributed by atoms with E-state index in [9.17, 15) is 0 Å². The highest BCUT2D eigenvalue weighted by Gasteiger charge is 2.09. The van der Waals surface area contributed by atoms with Gasteiger partial charge in [0.2, 0.25) is 0 Å². The van der Waals surface area contributed by atoms with Gasteiger partial charge in [-0.25, -0.2) is 0 Å². The van der Waals surface area contributed by atoms with E-state index in [0.29, 0.717) is 0 Å². The zero-order valence-corrected chi connectivity index (χ0v) is 15.3. The van der Waals surface area contributed by atoms with Crippen LogP contribution in [0.4, 0.5) is 0 Å². The van der Waals surface area contributed by atoms with Gasteiger partial charge in [0.1, 0.15) is 0 Å². The fourth-order valence-corrected chi connectivity index (χ4v) is 2.40. The van der Waals surface area contributed by atoms with Gasteiger partial charge >= 0.3 is 0 Å². The molecule has 0 heterocycles. The molecule has 0 N–H and O–H groups in total. The summed E-state index contributed by atoms with van der Waals surface area (Å²) in [7, 11) is 3.57. The van der Waals surface area contributed by atoms with E-state index in [2.05, 4.69) is 54.8 Å². The SMILES string of the molecule is CC.CC1CCC1.CCc1cccc(C)c1CC(C)=P. The molecular weight excluding hydrogens is 259 g/mol. The summed E-state index contributed by atoms with van der Waals surface area (Å²) in [5, 5.41) is 1.30. The minimum atomic E-state index is 1.05. The van der Waals surface area contributed by atoms with E-state index < -0.39 is 0 Å². The first-order valence-corrected chi connectivity index (χ1v) is 8.66. The second kappa shape index (κ2) is 11.1. The Morgan fingerprint density at radius 1 is 1.25 bits per heavy atom. The van der Waals surface area contributed by atoms with Crippen LogP contribution < -0.4 is 0 Å². The Kier molecular flexibility index (Phi) is 10.8. The van der Waals surface area contributed by atoms with E-state index in [4.69, 9.17) is 0 Å². The average Bonchev–Trinajstić information content (AvgIpc) is 2.41. The molecule has 0 atom stereocenters. The molecule has 2 rings (SSSR count). The van der Waals surface area contributed by atoms with Crippen molar-refractivity contribution >= 4 is 14.2 Å². The minimum absolute atomic E-state index is 1.05. The van der Waals surface area contributed by atoms with Crippen LogP contribution in [0.5, 0.6) is 0 Å². The molecular formula is C19H33P. The summed E-state index contributed by atoms with van der Waals surface area (Å²) in [4.78, 5) is 0. The fraction of sp³-hybridized carbons (Fsp3) is 0.632. The van der Waals surface area contributed by atoms with Crippen molar-refractivity contribution in [1.82, 2.24) is 0 Å². The third-order valence-corrected chi connectivity index (χ3v) is 3.90. The third-order valence-electron chi connectivity index (χ3n) is 3.72. The standard InChI is InChI=1S/C12H17P.C5H10.C2H6/c1-4-11-7-5-6-9(2)12(11)8-10(3)13;1-5-3-2-4-5;1-2/h5-7,13H,4,8H2,1-3H3;5H,2-4H2,1H3;1-2H3. The Bertz CT molecular complexity index is 389. The quantitative estimate of drug-likeness (QED) is 0.576. The summed E-state index contributed by atoms with van der Waals surface area (Å²) in [5.41, 5.74) is 4.35. The van der Waals surface area contributed by atoms with Crippen LogP contribution in [0.15, 0.2) is 18.2 Å². The second-order valence-electron chi connectivity index (χ2n) is 5.56. The second-order valence-corrected chi connectivity index (χ2v) is 6.41. The summed E-state index contributed by atoms with van der Waals surface area (Å²) >= 11 is 0. The zero-order valence-electron chi connectivity index (χ0n) is 14.3. The molecule has 1 aliphatic carbocycles. The molecule has 1 aromatic rings. The monoisotopic (exact) mass is 292 g/mol. The lowest BCUT2D eigenvalue weighted by atomic mass is 9.88. The first kappa shape index (κ1) is 19.4. The maximum absolute atomic E-state index is 3.57. The van der Waals surface area contributed by atoms with Crippen LogP contribution in [0.3, 0.4) is 0 Å². The highest BCUT2D eigenvalue weighted by atomic mass is 31.0. The molecule has 0 saturated heterocycles. The first-order chi connectivity index (χ1) is 9.54. The molecule has 1 aliphatic rings. The lowest BCUT2D eigenvalue weighted by Gasteiger charge is -2.18. The van der Waals surface area contributed by atoms with Crippen molar-refractivity contribution in [1.29, 1.82) is 0 Å². The van der Waals surface area contributed by atoms with Crippen molar-refractivity contribution in [3.63, 3.8) is 0 Å². The molecule has 0 unspecified atom stereocenters. The van der Waals surface area contributed by atoms with Crippen molar-refractivity contribution < 1.29 is 0 Å². The van der Waals surface area contributed by atoms with Crippen molar-refractivity contribution in [3.8, 4) is 0 Å².